The number of halogens is 2. The summed E-state index contributed by atoms with van der Waals surface area (Å²) in [5.41, 5.74) is 0. The van der Waals surface area contributed by atoms with E-state index in [4.69, 9.17) is 21.1 Å². The molecule has 0 heterocycles. The highest BCUT2D eigenvalue weighted by atomic mass is 35.5. The van der Waals surface area contributed by atoms with Crippen molar-refractivity contribution < 1.29 is 14.7 Å². The van der Waals surface area contributed by atoms with Gasteiger partial charge < -0.3 is 14.7 Å². The third-order valence-corrected chi connectivity index (χ3v) is 3.30. The summed E-state index contributed by atoms with van der Waals surface area (Å²) in [6.45, 7) is 4.83. The monoisotopic (exact) mass is 357 g/mol. The Hall–Kier alpha value is -1.46. The van der Waals surface area contributed by atoms with Crippen LogP contribution in [0.1, 0.15) is 13.8 Å². The average molecular weight is 358 g/mol. The Labute approximate surface area is 148 Å². The first-order valence-corrected chi connectivity index (χ1v) is 7.58. The molecule has 0 amide bonds. The first kappa shape index (κ1) is 19.6. The van der Waals surface area contributed by atoms with Crippen LogP contribution >= 0.6 is 24.0 Å². The topological polar surface area (TPSA) is 41.9 Å². The molecule has 0 aliphatic carbocycles. The molecule has 0 fully saturated rings. The van der Waals surface area contributed by atoms with Crippen LogP contribution in [0.25, 0.3) is 0 Å². The molecule has 0 spiro atoms. The molecule has 1 unspecified atom stereocenters. The number of benzene rings is 2. The standard InChI is InChI=1S/C17H20ClNO3.ClH/c1-3-19(20)12-13(2)21-15-8-10-17(11-9-15)22-16-6-4-14(18)5-7-16;/h4-11,13,20H,3,12H2,1-2H3;1H. The van der Waals surface area contributed by atoms with Crippen LogP contribution in [0.2, 0.25) is 5.02 Å². The molecular weight excluding hydrogens is 337 g/mol. The van der Waals surface area contributed by atoms with Gasteiger partial charge in [0.25, 0.3) is 0 Å². The van der Waals surface area contributed by atoms with E-state index < -0.39 is 0 Å². The third-order valence-electron chi connectivity index (χ3n) is 3.04. The zero-order valence-corrected chi connectivity index (χ0v) is 14.7. The lowest BCUT2D eigenvalue weighted by atomic mass is 10.3. The second-order valence-electron chi connectivity index (χ2n) is 4.96. The zero-order chi connectivity index (χ0) is 15.9. The Morgan fingerprint density at radius 3 is 2.00 bits per heavy atom. The summed E-state index contributed by atoms with van der Waals surface area (Å²) in [4.78, 5) is 0. The Bertz CT molecular complexity index is 575. The Morgan fingerprint density at radius 2 is 1.48 bits per heavy atom. The predicted molar refractivity (Wildman–Crippen MR) is 94.3 cm³/mol. The summed E-state index contributed by atoms with van der Waals surface area (Å²) in [6, 6.07) is 14.6. The predicted octanol–water partition coefficient (Wildman–Crippen LogP) is 5.03. The van der Waals surface area contributed by atoms with Gasteiger partial charge in [-0.25, -0.2) is 0 Å². The normalized spacial score (nSPS) is 11.7. The molecule has 2 aromatic rings. The molecule has 0 saturated heterocycles. The van der Waals surface area contributed by atoms with Crippen molar-refractivity contribution in [2.24, 2.45) is 0 Å². The zero-order valence-electron chi connectivity index (χ0n) is 13.1. The Balaban J connectivity index is 0.00000264. The molecule has 0 aromatic heterocycles. The van der Waals surface area contributed by atoms with E-state index in [9.17, 15) is 5.21 Å². The van der Waals surface area contributed by atoms with Crippen LogP contribution < -0.4 is 9.47 Å². The van der Waals surface area contributed by atoms with Crippen LogP contribution in [0, 0.1) is 0 Å². The molecule has 0 bridgehead atoms. The first-order valence-electron chi connectivity index (χ1n) is 7.20. The largest absolute Gasteiger partial charge is 0.489 e. The van der Waals surface area contributed by atoms with Gasteiger partial charge >= 0.3 is 0 Å². The van der Waals surface area contributed by atoms with Crippen molar-refractivity contribution in [3.8, 4) is 17.2 Å². The SMILES string of the molecule is CCN(O)CC(C)Oc1ccc(Oc2ccc(Cl)cc2)cc1.Cl. The maximum atomic E-state index is 9.46. The fourth-order valence-electron chi connectivity index (χ4n) is 1.92. The van der Waals surface area contributed by atoms with E-state index in [-0.39, 0.29) is 18.5 Å². The molecular formula is C17H21Cl2NO3. The van der Waals surface area contributed by atoms with Gasteiger partial charge in [-0.2, -0.15) is 5.06 Å². The molecule has 23 heavy (non-hydrogen) atoms. The van der Waals surface area contributed by atoms with Gasteiger partial charge in [-0.15, -0.1) is 12.4 Å². The van der Waals surface area contributed by atoms with E-state index in [1.807, 2.05) is 50.2 Å². The first-order chi connectivity index (χ1) is 10.6. The van der Waals surface area contributed by atoms with Crippen molar-refractivity contribution in [3.63, 3.8) is 0 Å². The number of hydrogen-bond donors (Lipinski definition) is 1. The molecule has 126 valence electrons. The molecule has 0 aliphatic rings. The van der Waals surface area contributed by atoms with Crippen molar-refractivity contribution in [1.82, 2.24) is 5.06 Å². The second-order valence-corrected chi connectivity index (χ2v) is 5.40. The van der Waals surface area contributed by atoms with Gasteiger partial charge in [0.05, 0.1) is 6.54 Å². The fraction of sp³-hybridized carbons (Fsp3) is 0.294. The lowest BCUT2D eigenvalue weighted by Gasteiger charge is -2.19. The van der Waals surface area contributed by atoms with Crippen molar-refractivity contribution in [1.29, 1.82) is 0 Å². The van der Waals surface area contributed by atoms with Gasteiger partial charge in [0.2, 0.25) is 0 Å². The Kier molecular flexibility index (Phi) is 8.20. The van der Waals surface area contributed by atoms with Gasteiger partial charge in [0.15, 0.2) is 0 Å². The summed E-state index contributed by atoms with van der Waals surface area (Å²) >= 11 is 5.84. The van der Waals surface area contributed by atoms with Crippen LogP contribution in [0.5, 0.6) is 17.2 Å². The van der Waals surface area contributed by atoms with Crippen LogP contribution in [0.3, 0.4) is 0 Å². The molecule has 0 saturated carbocycles. The molecule has 1 N–H and O–H groups in total. The quantitative estimate of drug-likeness (QED) is 0.705. The van der Waals surface area contributed by atoms with Gasteiger partial charge in [0.1, 0.15) is 23.4 Å². The number of hydrogen-bond acceptors (Lipinski definition) is 4. The lowest BCUT2D eigenvalue weighted by Crippen LogP contribution is -2.31. The molecule has 4 nitrogen and oxygen atoms in total. The maximum absolute atomic E-state index is 9.46. The van der Waals surface area contributed by atoms with E-state index in [0.29, 0.717) is 18.1 Å². The van der Waals surface area contributed by atoms with Gasteiger partial charge in [-0.05, 0) is 55.5 Å². The highest BCUT2D eigenvalue weighted by molar-refractivity contribution is 6.30. The number of nitrogens with zero attached hydrogens (tertiary/aromatic N) is 1. The Morgan fingerprint density at radius 1 is 1.00 bits per heavy atom. The van der Waals surface area contributed by atoms with E-state index >= 15 is 0 Å². The molecule has 1 atom stereocenters. The molecule has 6 heteroatoms. The smallest absolute Gasteiger partial charge is 0.127 e. The lowest BCUT2D eigenvalue weighted by molar-refractivity contribution is -0.103. The van der Waals surface area contributed by atoms with Crippen molar-refractivity contribution >= 4 is 24.0 Å². The van der Waals surface area contributed by atoms with Crippen molar-refractivity contribution in [2.75, 3.05) is 13.1 Å². The maximum Gasteiger partial charge on any atom is 0.127 e. The second kappa shape index (κ2) is 9.63. The van der Waals surface area contributed by atoms with Gasteiger partial charge in [-0.1, -0.05) is 18.5 Å². The minimum absolute atomic E-state index is 0. The van der Waals surface area contributed by atoms with Crippen molar-refractivity contribution in [2.45, 2.75) is 20.0 Å². The molecule has 0 aliphatic heterocycles. The van der Waals surface area contributed by atoms with E-state index in [2.05, 4.69) is 0 Å². The molecule has 2 rings (SSSR count). The molecule has 0 radical (unpaired) electrons. The van der Waals surface area contributed by atoms with Crippen LogP contribution in [0.15, 0.2) is 48.5 Å². The summed E-state index contributed by atoms with van der Waals surface area (Å²) < 4.78 is 11.4. The highest BCUT2D eigenvalue weighted by Crippen LogP contribution is 2.25. The average Bonchev–Trinajstić information content (AvgIpc) is 2.51. The minimum Gasteiger partial charge on any atom is -0.489 e. The summed E-state index contributed by atoms with van der Waals surface area (Å²) in [5, 5.41) is 11.4. The number of hydroxylamine groups is 2. The summed E-state index contributed by atoms with van der Waals surface area (Å²) in [5.74, 6) is 2.19. The number of likely N-dealkylation sites (N-methyl/N-ethyl adjacent to an activating group) is 1. The summed E-state index contributed by atoms with van der Waals surface area (Å²) in [7, 11) is 0. The minimum atomic E-state index is -0.104. The van der Waals surface area contributed by atoms with Crippen LogP contribution in [0.4, 0.5) is 0 Å². The summed E-state index contributed by atoms with van der Waals surface area (Å²) in [6.07, 6.45) is -0.104. The van der Waals surface area contributed by atoms with Gasteiger partial charge in [0, 0.05) is 11.6 Å². The van der Waals surface area contributed by atoms with Crippen LogP contribution in [-0.2, 0) is 0 Å². The highest BCUT2D eigenvalue weighted by Gasteiger charge is 2.08. The van der Waals surface area contributed by atoms with E-state index in [0.717, 1.165) is 17.2 Å². The van der Waals surface area contributed by atoms with Crippen molar-refractivity contribution in [3.05, 3.63) is 53.6 Å². The van der Waals surface area contributed by atoms with Gasteiger partial charge in [-0.3, -0.25) is 0 Å². The number of rotatable bonds is 7. The molecule has 2 aromatic carbocycles. The van der Waals surface area contributed by atoms with E-state index in [1.54, 1.807) is 12.1 Å². The third kappa shape index (κ3) is 6.67. The van der Waals surface area contributed by atoms with E-state index in [1.165, 1.54) is 5.06 Å². The van der Waals surface area contributed by atoms with Crippen LogP contribution in [-0.4, -0.2) is 29.5 Å². The number of ether oxygens (including phenoxy) is 2. The fourth-order valence-corrected chi connectivity index (χ4v) is 2.05.